The summed E-state index contributed by atoms with van der Waals surface area (Å²) in [6.45, 7) is 5.18. The van der Waals surface area contributed by atoms with Gasteiger partial charge in [-0.3, -0.25) is 4.98 Å². The molecule has 0 atom stereocenters. The van der Waals surface area contributed by atoms with Crippen LogP contribution in [0.15, 0.2) is 146 Å². The molecule has 1 aromatic heterocycles. The molecule has 1 aliphatic rings. The molecule has 0 amide bonds. The van der Waals surface area contributed by atoms with E-state index in [4.69, 9.17) is 4.98 Å². The van der Waals surface area contributed by atoms with Crippen molar-refractivity contribution in [3.63, 3.8) is 0 Å². The smallest absolute Gasteiger partial charge is 0.201 e. The van der Waals surface area contributed by atoms with Crippen LogP contribution in [0.25, 0.3) is 0 Å². The molecule has 198 valence electrons. The highest BCUT2D eigenvalue weighted by molar-refractivity contribution is 7.19. The third-order valence-corrected chi connectivity index (χ3v) is 12.7. The normalized spacial score (nSPS) is 13.6. The SMILES string of the molecule is CC(C)(c1cccc([Si](c2ccccc2)(c2ccccc2)c2ccccn2)c1)N1C=CN(c2ccccc2O)C1. The largest absolute Gasteiger partial charge is 0.506 e. The van der Waals surface area contributed by atoms with E-state index < -0.39 is 8.07 Å². The van der Waals surface area contributed by atoms with E-state index in [1.807, 2.05) is 36.7 Å². The molecule has 1 aliphatic heterocycles. The second kappa shape index (κ2) is 10.5. The molecule has 0 fully saturated rings. The van der Waals surface area contributed by atoms with E-state index in [0.29, 0.717) is 6.67 Å². The Kier molecular flexibility index (Phi) is 6.74. The first kappa shape index (κ1) is 25.7. The van der Waals surface area contributed by atoms with Crippen molar-refractivity contribution in [3.8, 4) is 5.75 Å². The Hall–Kier alpha value is -4.61. The van der Waals surface area contributed by atoms with Crippen molar-refractivity contribution in [1.82, 2.24) is 9.88 Å². The molecule has 5 heteroatoms. The van der Waals surface area contributed by atoms with Crippen LogP contribution in [0.2, 0.25) is 0 Å². The second-order valence-corrected chi connectivity index (χ2v) is 14.4. The number of hydrogen-bond donors (Lipinski definition) is 1. The fourth-order valence-electron chi connectivity index (χ4n) is 5.85. The van der Waals surface area contributed by atoms with E-state index in [2.05, 4.69) is 127 Å². The van der Waals surface area contributed by atoms with Crippen molar-refractivity contribution >= 4 is 34.6 Å². The second-order valence-electron chi connectivity index (χ2n) is 10.7. The number of phenols is 1. The quantitative estimate of drug-likeness (QED) is 0.241. The monoisotopic (exact) mass is 539 g/mol. The maximum atomic E-state index is 10.4. The number of aromatic nitrogens is 1. The number of nitrogens with zero attached hydrogens (tertiary/aromatic N) is 3. The Morgan fingerprint density at radius 3 is 1.95 bits per heavy atom. The Labute approximate surface area is 237 Å². The van der Waals surface area contributed by atoms with E-state index in [-0.39, 0.29) is 11.3 Å². The van der Waals surface area contributed by atoms with E-state index >= 15 is 0 Å². The van der Waals surface area contributed by atoms with Crippen molar-refractivity contribution in [1.29, 1.82) is 0 Å². The van der Waals surface area contributed by atoms with E-state index in [9.17, 15) is 5.11 Å². The summed E-state index contributed by atoms with van der Waals surface area (Å²) in [6, 6.07) is 44.7. The average Bonchev–Trinajstić information content (AvgIpc) is 3.51. The fourth-order valence-corrected chi connectivity index (χ4v) is 10.5. The summed E-state index contributed by atoms with van der Waals surface area (Å²) < 4.78 is 0. The summed E-state index contributed by atoms with van der Waals surface area (Å²) in [4.78, 5) is 9.42. The van der Waals surface area contributed by atoms with Crippen LogP contribution in [0.5, 0.6) is 5.75 Å². The molecule has 0 saturated carbocycles. The zero-order chi connectivity index (χ0) is 27.6. The van der Waals surface area contributed by atoms with Crippen LogP contribution in [-0.2, 0) is 5.54 Å². The van der Waals surface area contributed by atoms with Gasteiger partial charge in [0.25, 0.3) is 0 Å². The van der Waals surface area contributed by atoms with Crippen molar-refractivity contribution < 1.29 is 5.11 Å². The van der Waals surface area contributed by atoms with Crippen molar-refractivity contribution in [2.45, 2.75) is 19.4 Å². The standard InChI is InChI=1S/C35H33N3OSi/c1-35(2,38-25-24-37(27-38)32-20-9-10-21-33(32)39)28-14-13-19-31(26-28)40(29-15-5-3-6-16-29,30-17-7-4-8-18-30)34-22-11-12-23-36-34/h3-26,39H,27H2,1-2H3. The van der Waals surface area contributed by atoms with Crippen molar-refractivity contribution in [3.05, 3.63) is 152 Å². The number of phenolic OH excluding ortho intramolecular Hbond substituents is 1. The average molecular weight is 540 g/mol. The molecule has 0 unspecified atom stereocenters. The maximum Gasteiger partial charge on any atom is 0.201 e. The minimum absolute atomic E-state index is 0.283. The highest BCUT2D eigenvalue weighted by Crippen LogP contribution is 2.35. The summed E-state index contributed by atoms with van der Waals surface area (Å²) in [5, 5.41) is 15.5. The molecule has 0 saturated heterocycles. The van der Waals surface area contributed by atoms with Gasteiger partial charge in [-0.15, -0.1) is 0 Å². The number of pyridine rings is 1. The number of para-hydroxylation sites is 2. The first-order chi connectivity index (χ1) is 19.5. The van der Waals surface area contributed by atoms with Crippen LogP contribution in [-0.4, -0.2) is 29.7 Å². The zero-order valence-corrected chi connectivity index (χ0v) is 23.9. The zero-order valence-electron chi connectivity index (χ0n) is 22.9. The molecule has 2 heterocycles. The predicted molar refractivity (Wildman–Crippen MR) is 167 cm³/mol. The van der Waals surface area contributed by atoms with E-state index in [1.165, 1.54) is 21.1 Å². The van der Waals surface area contributed by atoms with Crippen LogP contribution in [0.1, 0.15) is 19.4 Å². The molecule has 4 nitrogen and oxygen atoms in total. The Morgan fingerprint density at radius 2 is 1.30 bits per heavy atom. The molecule has 1 N–H and O–H groups in total. The molecular weight excluding hydrogens is 506 g/mol. The van der Waals surface area contributed by atoms with Crippen molar-refractivity contribution in [2.24, 2.45) is 0 Å². The maximum absolute atomic E-state index is 10.4. The summed E-state index contributed by atoms with van der Waals surface area (Å²) in [5.74, 6) is 0.283. The highest BCUT2D eigenvalue weighted by Gasteiger charge is 2.43. The summed E-state index contributed by atoms with van der Waals surface area (Å²) in [5.41, 5.74) is 1.73. The van der Waals surface area contributed by atoms with Gasteiger partial charge in [0.2, 0.25) is 8.07 Å². The molecule has 0 spiro atoms. The van der Waals surface area contributed by atoms with Gasteiger partial charge in [-0.05, 0) is 59.2 Å². The third kappa shape index (κ3) is 4.38. The number of benzene rings is 4. The van der Waals surface area contributed by atoms with Crippen LogP contribution in [0, 0.1) is 0 Å². The van der Waals surface area contributed by atoms with Gasteiger partial charge < -0.3 is 14.9 Å². The lowest BCUT2D eigenvalue weighted by Crippen LogP contribution is -2.75. The Morgan fingerprint density at radius 1 is 0.675 bits per heavy atom. The van der Waals surface area contributed by atoms with Crippen LogP contribution in [0.3, 0.4) is 0 Å². The topological polar surface area (TPSA) is 39.6 Å². The van der Waals surface area contributed by atoms with Gasteiger partial charge in [0.1, 0.15) is 5.75 Å². The lowest BCUT2D eigenvalue weighted by Gasteiger charge is -2.39. The number of rotatable bonds is 7. The van der Waals surface area contributed by atoms with Crippen LogP contribution < -0.4 is 25.8 Å². The number of aromatic hydroxyl groups is 1. The van der Waals surface area contributed by atoms with Gasteiger partial charge in [0.15, 0.2) is 0 Å². The first-order valence-electron chi connectivity index (χ1n) is 13.6. The van der Waals surface area contributed by atoms with Gasteiger partial charge in [-0.1, -0.05) is 103 Å². The third-order valence-electron chi connectivity index (χ3n) is 8.11. The fraction of sp³-hybridized carbons (Fsp3) is 0.114. The van der Waals surface area contributed by atoms with Crippen molar-refractivity contribution in [2.75, 3.05) is 11.6 Å². The van der Waals surface area contributed by atoms with E-state index in [0.717, 1.165) is 11.0 Å². The minimum Gasteiger partial charge on any atom is -0.506 e. The van der Waals surface area contributed by atoms with Gasteiger partial charge in [0, 0.05) is 23.9 Å². The summed E-state index contributed by atoms with van der Waals surface area (Å²) >= 11 is 0. The lowest BCUT2D eigenvalue weighted by atomic mass is 9.93. The Balaban J connectivity index is 1.48. The van der Waals surface area contributed by atoms with Gasteiger partial charge in [-0.25, -0.2) is 0 Å². The molecule has 40 heavy (non-hydrogen) atoms. The molecule has 0 bridgehead atoms. The highest BCUT2D eigenvalue weighted by atomic mass is 28.3. The minimum atomic E-state index is -2.71. The summed E-state index contributed by atoms with van der Waals surface area (Å²) in [7, 11) is -2.71. The molecule has 0 radical (unpaired) electrons. The molecule has 4 aromatic carbocycles. The lowest BCUT2D eigenvalue weighted by molar-refractivity contribution is 0.202. The molecule has 6 rings (SSSR count). The molecular formula is C35H33N3OSi. The number of hydrogen-bond acceptors (Lipinski definition) is 4. The molecule has 0 aliphatic carbocycles. The first-order valence-corrected chi connectivity index (χ1v) is 15.6. The van der Waals surface area contributed by atoms with Gasteiger partial charge in [0.05, 0.1) is 17.9 Å². The van der Waals surface area contributed by atoms with E-state index in [1.54, 1.807) is 6.07 Å². The van der Waals surface area contributed by atoms with Gasteiger partial charge >= 0.3 is 0 Å². The van der Waals surface area contributed by atoms with Gasteiger partial charge in [-0.2, -0.15) is 0 Å². The predicted octanol–water partition coefficient (Wildman–Crippen LogP) is 4.65. The Bertz CT molecular complexity index is 1520. The van der Waals surface area contributed by atoms with Crippen LogP contribution in [0.4, 0.5) is 5.69 Å². The van der Waals surface area contributed by atoms with Crippen LogP contribution >= 0.6 is 0 Å². The number of anilines is 1. The summed E-state index contributed by atoms with van der Waals surface area (Å²) in [6.07, 6.45) is 6.08. The molecule has 5 aromatic rings.